The van der Waals surface area contributed by atoms with Gasteiger partial charge in [-0.25, -0.2) is 0 Å². The molecule has 0 fully saturated rings. The summed E-state index contributed by atoms with van der Waals surface area (Å²) in [6.45, 7) is 4.90. The maximum absolute atomic E-state index is 11.3. The van der Waals surface area contributed by atoms with Crippen LogP contribution in [0.25, 0.3) is 0 Å². The fourth-order valence-electron chi connectivity index (χ4n) is 1.33. The van der Waals surface area contributed by atoms with Gasteiger partial charge >= 0.3 is 5.97 Å². The quantitative estimate of drug-likeness (QED) is 0.468. The highest BCUT2D eigenvalue weighted by atomic mass is 32.2. The zero-order valence-corrected chi connectivity index (χ0v) is 11.6. The van der Waals surface area contributed by atoms with Gasteiger partial charge in [-0.05, 0) is 25.5 Å². The molecule has 0 aliphatic carbocycles. The van der Waals surface area contributed by atoms with Crippen molar-refractivity contribution in [2.45, 2.75) is 25.2 Å². The van der Waals surface area contributed by atoms with Crippen LogP contribution < -0.4 is 10.5 Å². The molecule has 4 nitrogen and oxygen atoms in total. The Labute approximate surface area is 112 Å². The minimum absolute atomic E-state index is 0.221. The van der Waals surface area contributed by atoms with Gasteiger partial charge in [0, 0.05) is 16.6 Å². The topological polar surface area (TPSA) is 61.5 Å². The van der Waals surface area contributed by atoms with Gasteiger partial charge in [0.1, 0.15) is 5.75 Å². The molecule has 18 heavy (non-hydrogen) atoms. The number of esters is 1. The van der Waals surface area contributed by atoms with Crippen LogP contribution in [-0.2, 0) is 9.53 Å². The van der Waals surface area contributed by atoms with E-state index in [1.165, 1.54) is 11.8 Å². The van der Waals surface area contributed by atoms with E-state index in [0.717, 1.165) is 17.1 Å². The van der Waals surface area contributed by atoms with Gasteiger partial charge in [0.05, 0.1) is 19.0 Å². The van der Waals surface area contributed by atoms with Crippen molar-refractivity contribution in [3.05, 3.63) is 18.2 Å². The first-order valence-electron chi connectivity index (χ1n) is 5.97. The summed E-state index contributed by atoms with van der Waals surface area (Å²) in [6.07, 6.45) is 0.945. The Balaban J connectivity index is 2.59. The second kappa shape index (κ2) is 7.87. The standard InChI is InChI=1S/C13H19NO3S/c1-3-5-17-11-6-10(14)7-12(8-11)18-9-13(15)16-4-2/h6-8H,3-5,9,14H2,1-2H3. The average molecular weight is 269 g/mol. The smallest absolute Gasteiger partial charge is 0.316 e. The van der Waals surface area contributed by atoms with Gasteiger partial charge in [-0.3, -0.25) is 4.79 Å². The van der Waals surface area contributed by atoms with Gasteiger partial charge in [0.2, 0.25) is 0 Å². The molecule has 0 unspecified atom stereocenters. The van der Waals surface area contributed by atoms with Crippen LogP contribution in [0.15, 0.2) is 23.1 Å². The first kappa shape index (κ1) is 14.7. The van der Waals surface area contributed by atoms with Crippen LogP contribution in [-0.4, -0.2) is 24.9 Å². The Hall–Kier alpha value is -1.36. The van der Waals surface area contributed by atoms with E-state index < -0.39 is 0 Å². The number of carbonyl (C=O) groups is 1. The maximum atomic E-state index is 11.3. The molecule has 1 aromatic carbocycles. The minimum Gasteiger partial charge on any atom is -0.493 e. The zero-order valence-electron chi connectivity index (χ0n) is 10.8. The van der Waals surface area contributed by atoms with Gasteiger partial charge in [0.15, 0.2) is 0 Å². The molecule has 0 saturated carbocycles. The summed E-state index contributed by atoms with van der Waals surface area (Å²) in [5.41, 5.74) is 6.42. The first-order valence-corrected chi connectivity index (χ1v) is 6.96. The number of nitrogen functional groups attached to an aromatic ring is 1. The molecule has 0 aromatic heterocycles. The van der Waals surface area contributed by atoms with Crippen molar-refractivity contribution in [1.82, 2.24) is 0 Å². The third kappa shape index (κ3) is 5.31. The van der Waals surface area contributed by atoms with Crippen molar-refractivity contribution >= 4 is 23.4 Å². The van der Waals surface area contributed by atoms with E-state index in [1.54, 1.807) is 13.0 Å². The van der Waals surface area contributed by atoms with Crippen molar-refractivity contribution in [1.29, 1.82) is 0 Å². The molecule has 1 rings (SSSR count). The van der Waals surface area contributed by atoms with Crippen molar-refractivity contribution in [3.8, 4) is 5.75 Å². The maximum Gasteiger partial charge on any atom is 0.316 e. The lowest BCUT2D eigenvalue weighted by atomic mass is 10.3. The molecule has 0 amide bonds. The van der Waals surface area contributed by atoms with Crippen molar-refractivity contribution in [3.63, 3.8) is 0 Å². The normalized spacial score (nSPS) is 10.1. The Morgan fingerprint density at radius 3 is 2.78 bits per heavy atom. The molecule has 0 radical (unpaired) electrons. The van der Waals surface area contributed by atoms with E-state index in [4.69, 9.17) is 15.2 Å². The summed E-state index contributed by atoms with van der Waals surface area (Å²) in [7, 11) is 0. The van der Waals surface area contributed by atoms with E-state index in [-0.39, 0.29) is 11.7 Å². The summed E-state index contributed by atoms with van der Waals surface area (Å²) < 4.78 is 10.4. The second-order valence-electron chi connectivity index (χ2n) is 3.68. The predicted octanol–water partition coefficient (Wildman–Crippen LogP) is 2.71. The Bertz CT molecular complexity index is 396. The number of carbonyl (C=O) groups excluding carboxylic acids is 1. The van der Waals surface area contributed by atoms with E-state index in [1.807, 2.05) is 19.1 Å². The summed E-state index contributed by atoms with van der Waals surface area (Å²) in [6, 6.07) is 5.49. The summed E-state index contributed by atoms with van der Waals surface area (Å²) >= 11 is 1.40. The van der Waals surface area contributed by atoms with Gasteiger partial charge in [-0.15, -0.1) is 11.8 Å². The number of nitrogens with two attached hydrogens (primary N) is 1. The minimum atomic E-state index is -0.221. The van der Waals surface area contributed by atoms with E-state index in [2.05, 4.69) is 0 Å². The number of hydrogen-bond donors (Lipinski definition) is 1. The third-order valence-electron chi connectivity index (χ3n) is 2.04. The first-order chi connectivity index (χ1) is 8.65. The predicted molar refractivity (Wildman–Crippen MR) is 74.0 cm³/mol. The van der Waals surface area contributed by atoms with Crippen LogP contribution in [0.2, 0.25) is 0 Å². The number of anilines is 1. The molecular weight excluding hydrogens is 250 g/mol. The number of hydrogen-bond acceptors (Lipinski definition) is 5. The molecule has 0 saturated heterocycles. The molecule has 2 N–H and O–H groups in total. The van der Waals surface area contributed by atoms with Crippen LogP contribution in [0.4, 0.5) is 5.69 Å². The van der Waals surface area contributed by atoms with E-state index >= 15 is 0 Å². The lowest BCUT2D eigenvalue weighted by Gasteiger charge is -2.08. The Morgan fingerprint density at radius 2 is 2.11 bits per heavy atom. The molecule has 0 spiro atoms. The van der Waals surface area contributed by atoms with Crippen LogP contribution in [0, 0.1) is 0 Å². The van der Waals surface area contributed by atoms with Crippen LogP contribution in [0.1, 0.15) is 20.3 Å². The zero-order chi connectivity index (χ0) is 13.4. The highest BCUT2D eigenvalue weighted by molar-refractivity contribution is 8.00. The Morgan fingerprint density at radius 1 is 1.33 bits per heavy atom. The second-order valence-corrected chi connectivity index (χ2v) is 4.73. The molecule has 0 atom stereocenters. The summed E-state index contributed by atoms with van der Waals surface area (Å²) in [5.74, 6) is 0.800. The molecule has 100 valence electrons. The van der Waals surface area contributed by atoms with E-state index in [0.29, 0.717) is 18.9 Å². The fourth-order valence-corrected chi connectivity index (χ4v) is 2.11. The molecule has 1 aromatic rings. The van der Waals surface area contributed by atoms with Crippen LogP contribution >= 0.6 is 11.8 Å². The summed E-state index contributed by atoms with van der Waals surface area (Å²) in [5, 5.41) is 0. The van der Waals surface area contributed by atoms with Crippen molar-refractivity contribution in [2.75, 3.05) is 24.7 Å². The van der Waals surface area contributed by atoms with E-state index in [9.17, 15) is 4.79 Å². The van der Waals surface area contributed by atoms with Crippen LogP contribution in [0.5, 0.6) is 5.75 Å². The average Bonchev–Trinajstić information content (AvgIpc) is 2.34. The molecule has 0 aliphatic heterocycles. The monoisotopic (exact) mass is 269 g/mol. The van der Waals surface area contributed by atoms with Crippen molar-refractivity contribution < 1.29 is 14.3 Å². The van der Waals surface area contributed by atoms with Gasteiger partial charge in [-0.1, -0.05) is 6.92 Å². The molecular formula is C13H19NO3S. The summed E-state index contributed by atoms with van der Waals surface area (Å²) in [4.78, 5) is 12.2. The van der Waals surface area contributed by atoms with Crippen LogP contribution in [0.3, 0.4) is 0 Å². The van der Waals surface area contributed by atoms with Gasteiger partial charge < -0.3 is 15.2 Å². The SMILES string of the molecule is CCCOc1cc(N)cc(SCC(=O)OCC)c1. The number of benzene rings is 1. The highest BCUT2D eigenvalue weighted by Crippen LogP contribution is 2.26. The Kier molecular flexibility index (Phi) is 6.43. The van der Waals surface area contributed by atoms with Gasteiger partial charge in [0.25, 0.3) is 0 Å². The largest absolute Gasteiger partial charge is 0.493 e. The van der Waals surface area contributed by atoms with Gasteiger partial charge in [-0.2, -0.15) is 0 Å². The molecule has 0 bridgehead atoms. The molecule has 5 heteroatoms. The lowest BCUT2D eigenvalue weighted by Crippen LogP contribution is -2.06. The lowest BCUT2D eigenvalue weighted by molar-refractivity contribution is -0.139. The fraction of sp³-hybridized carbons (Fsp3) is 0.462. The molecule has 0 aliphatic rings. The third-order valence-corrected chi connectivity index (χ3v) is 2.99. The number of rotatable bonds is 7. The van der Waals surface area contributed by atoms with Crippen molar-refractivity contribution in [2.24, 2.45) is 0 Å². The number of thioether (sulfide) groups is 1. The number of ether oxygens (including phenoxy) is 2. The highest BCUT2D eigenvalue weighted by Gasteiger charge is 2.05. The molecule has 0 heterocycles.